The minimum Gasteiger partial charge on any atom is -0.397 e. The summed E-state index contributed by atoms with van der Waals surface area (Å²) in [6.07, 6.45) is 5.19. The van der Waals surface area contributed by atoms with E-state index < -0.39 is 0 Å². The van der Waals surface area contributed by atoms with Gasteiger partial charge < -0.3 is 15.8 Å². The number of hydrogen-bond donors (Lipinski definition) is 2. The van der Waals surface area contributed by atoms with E-state index in [9.17, 15) is 0 Å². The number of nitrogens with two attached hydrogens (primary N) is 1. The molecule has 19 heavy (non-hydrogen) atoms. The highest BCUT2D eigenvalue weighted by molar-refractivity contribution is 5.98. The molecular formula is C15H21N3O. The van der Waals surface area contributed by atoms with Crippen molar-refractivity contribution in [3.05, 3.63) is 30.5 Å². The Kier molecular flexibility index (Phi) is 4.98. The first kappa shape index (κ1) is 13.6. The molecule has 1 heterocycles. The van der Waals surface area contributed by atoms with Crippen LogP contribution in [0.5, 0.6) is 0 Å². The largest absolute Gasteiger partial charge is 0.397 e. The standard InChI is InChI=1S/C15H21N3O/c1-19-11-4-2-3-9-17-14-8-7-13(16)15-12(14)6-5-10-18-15/h5-8,10,17H,2-4,9,11,16H2,1H3. The maximum Gasteiger partial charge on any atom is 0.0951 e. The molecule has 1 aromatic carbocycles. The van der Waals surface area contributed by atoms with Gasteiger partial charge in [-0.1, -0.05) is 0 Å². The number of anilines is 2. The molecule has 0 bridgehead atoms. The van der Waals surface area contributed by atoms with E-state index in [4.69, 9.17) is 10.5 Å². The summed E-state index contributed by atoms with van der Waals surface area (Å²) >= 11 is 0. The van der Waals surface area contributed by atoms with E-state index in [0.717, 1.165) is 48.3 Å². The fourth-order valence-electron chi connectivity index (χ4n) is 2.12. The first-order chi connectivity index (χ1) is 9.33. The van der Waals surface area contributed by atoms with E-state index >= 15 is 0 Å². The average molecular weight is 259 g/mol. The molecule has 0 fully saturated rings. The molecule has 2 aromatic rings. The fourth-order valence-corrected chi connectivity index (χ4v) is 2.12. The lowest BCUT2D eigenvalue weighted by atomic mass is 10.1. The molecular weight excluding hydrogens is 238 g/mol. The van der Waals surface area contributed by atoms with Crippen molar-refractivity contribution in [2.24, 2.45) is 0 Å². The zero-order valence-electron chi connectivity index (χ0n) is 11.4. The number of rotatable bonds is 7. The molecule has 0 aliphatic heterocycles. The normalized spacial score (nSPS) is 10.8. The number of pyridine rings is 1. The second kappa shape index (κ2) is 6.95. The Bertz CT molecular complexity index is 528. The van der Waals surface area contributed by atoms with Gasteiger partial charge in [0, 0.05) is 37.5 Å². The number of ether oxygens (including phenoxy) is 1. The molecule has 2 rings (SSSR count). The summed E-state index contributed by atoms with van der Waals surface area (Å²) in [6, 6.07) is 7.91. The van der Waals surface area contributed by atoms with Gasteiger partial charge in [0.05, 0.1) is 11.2 Å². The number of benzene rings is 1. The SMILES string of the molecule is COCCCCCNc1ccc(N)c2ncccc12. The number of fused-ring (bicyclic) bond motifs is 1. The molecule has 0 aliphatic rings. The highest BCUT2D eigenvalue weighted by atomic mass is 16.5. The van der Waals surface area contributed by atoms with Gasteiger partial charge in [-0.25, -0.2) is 0 Å². The van der Waals surface area contributed by atoms with Gasteiger partial charge in [0.1, 0.15) is 0 Å². The van der Waals surface area contributed by atoms with Crippen molar-refractivity contribution in [3.8, 4) is 0 Å². The van der Waals surface area contributed by atoms with Crippen molar-refractivity contribution in [3.63, 3.8) is 0 Å². The monoisotopic (exact) mass is 259 g/mol. The molecule has 0 atom stereocenters. The van der Waals surface area contributed by atoms with E-state index in [2.05, 4.69) is 10.3 Å². The van der Waals surface area contributed by atoms with Crippen LogP contribution >= 0.6 is 0 Å². The van der Waals surface area contributed by atoms with Crippen LogP contribution in [0.3, 0.4) is 0 Å². The number of aromatic nitrogens is 1. The number of nitrogens with one attached hydrogen (secondary N) is 1. The van der Waals surface area contributed by atoms with Crippen LogP contribution in [-0.2, 0) is 4.74 Å². The van der Waals surface area contributed by atoms with Crippen molar-refractivity contribution in [1.29, 1.82) is 0 Å². The van der Waals surface area contributed by atoms with E-state index in [1.807, 2.05) is 24.3 Å². The number of nitrogens with zero attached hydrogens (tertiary/aromatic N) is 1. The molecule has 0 unspecified atom stereocenters. The molecule has 0 spiro atoms. The van der Waals surface area contributed by atoms with Crippen LogP contribution in [0, 0.1) is 0 Å². The number of methoxy groups -OCH3 is 1. The quantitative estimate of drug-likeness (QED) is 0.592. The Hall–Kier alpha value is -1.81. The third-order valence-electron chi connectivity index (χ3n) is 3.14. The van der Waals surface area contributed by atoms with Gasteiger partial charge in [-0.05, 0) is 43.5 Å². The number of unbranched alkanes of at least 4 members (excludes halogenated alkanes) is 2. The third kappa shape index (κ3) is 3.58. The number of hydrogen-bond acceptors (Lipinski definition) is 4. The van der Waals surface area contributed by atoms with E-state index in [0.29, 0.717) is 0 Å². The Morgan fingerprint density at radius 1 is 1.21 bits per heavy atom. The molecule has 1 aromatic heterocycles. The predicted molar refractivity (Wildman–Crippen MR) is 80.4 cm³/mol. The van der Waals surface area contributed by atoms with Gasteiger partial charge in [-0.2, -0.15) is 0 Å². The van der Waals surface area contributed by atoms with Crippen LogP contribution in [0.15, 0.2) is 30.5 Å². The van der Waals surface area contributed by atoms with Gasteiger partial charge in [0.15, 0.2) is 0 Å². The second-order valence-corrected chi connectivity index (χ2v) is 4.58. The Balaban J connectivity index is 1.96. The van der Waals surface area contributed by atoms with Crippen molar-refractivity contribution >= 4 is 22.3 Å². The van der Waals surface area contributed by atoms with Crippen LogP contribution in [0.4, 0.5) is 11.4 Å². The highest BCUT2D eigenvalue weighted by Gasteiger charge is 2.03. The molecule has 4 nitrogen and oxygen atoms in total. The minimum absolute atomic E-state index is 0.723. The van der Waals surface area contributed by atoms with Crippen molar-refractivity contribution in [2.75, 3.05) is 31.3 Å². The van der Waals surface area contributed by atoms with Crippen LogP contribution in [0.2, 0.25) is 0 Å². The Labute approximate surface area is 114 Å². The first-order valence-corrected chi connectivity index (χ1v) is 6.69. The lowest BCUT2D eigenvalue weighted by Gasteiger charge is -2.10. The lowest BCUT2D eigenvalue weighted by Crippen LogP contribution is -2.03. The Morgan fingerprint density at radius 3 is 2.95 bits per heavy atom. The van der Waals surface area contributed by atoms with Gasteiger partial charge in [0.25, 0.3) is 0 Å². The van der Waals surface area contributed by atoms with Crippen molar-refractivity contribution < 1.29 is 4.74 Å². The second-order valence-electron chi connectivity index (χ2n) is 4.58. The maximum atomic E-state index is 5.93. The summed E-state index contributed by atoms with van der Waals surface area (Å²) in [4.78, 5) is 4.33. The summed E-state index contributed by atoms with van der Waals surface area (Å²) < 4.78 is 5.03. The van der Waals surface area contributed by atoms with Crippen molar-refractivity contribution in [1.82, 2.24) is 4.98 Å². The third-order valence-corrected chi connectivity index (χ3v) is 3.14. The first-order valence-electron chi connectivity index (χ1n) is 6.69. The molecule has 0 aliphatic carbocycles. The zero-order chi connectivity index (χ0) is 13.5. The van der Waals surface area contributed by atoms with Crippen LogP contribution in [0.1, 0.15) is 19.3 Å². The molecule has 0 radical (unpaired) electrons. The minimum atomic E-state index is 0.723. The molecule has 102 valence electrons. The lowest BCUT2D eigenvalue weighted by molar-refractivity contribution is 0.192. The summed E-state index contributed by atoms with van der Waals surface area (Å²) in [7, 11) is 1.74. The van der Waals surface area contributed by atoms with E-state index in [-0.39, 0.29) is 0 Å². The number of nitrogen functional groups attached to an aromatic ring is 1. The van der Waals surface area contributed by atoms with Gasteiger partial charge in [-0.15, -0.1) is 0 Å². The van der Waals surface area contributed by atoms with Gasteiger partial charge in [0.2, 0.25) is 0 Å². The summed E-state index contributed by atoms with van der Waals surface area (Å²) in [5, 5.41) is 4.54. The molecule has 0 saturated heterocycles. The fraction of sp³-hybridized carbons (Fsp3) is 0.400. The van der Waals surface area contributed by atoms with Crippen LogP contribution in [-0.4, -0.2) is 25.2 Å². The summed E-state index contributed by atoms with van der Waals surface area (Å²) in [6.45, 7) is 1.80. The van der Waals surface area contributed by atoms with E-state index in [1.54, 1.807) is 13.3 Å². The van der Waals surface area contributed by atoms with Crippen molar-refractivity contribution in [2.45, 2.75) is 19.3 Å². The Morgan fingerprint density at radius 2 is 2.11 bits per heavy atom. The predicted octanol–water partition coefficient (Wildman–Crippen LogP) is 3.05. The average Bonchev–Trinajstić information content (AvgIpc) is 2.45. The molecule has 0 amide bonds. The highest BCUT2D eigenvalue weighted by Crippen LogP contribution is 2.26. The van der Waals surface area contributed by atoms with Crippen LogP contribution in [0.25, 0.3) is 10.9 Å². The van der Waals surface area contributed by atoms with Gasteiger partial charge in [-0.3, -0.25) is 4.98 Å². The van der Waals surface area contributed by atoms with Crippen LogP contribution < -0.4 is 11.1 Å². The summed E-state index contributed by atoms with van der Waals surface area (Å²) in [5.41, 5.74) is 8.62. The van der Waals surface area contributed by atoms with Gasteiger partial charge >= 0.3 is 0 Å². The topological polar surface area (TPSA) is 60.2 Å². The smallest absolute Gasteiger partial charge is 0.0951 e. The molecule has 0 saturated carbocycles. The summed E-state index contributed by atoms with van der Waals surface area (Å²) in [5.74, 6) is 0. The molecule has 4 heteroatoms. The zero-order valence-corrected chi connectivity index (χ0v) is 11.4. The molecule has 3 N–H and O–H groups in total. The van der Waals surface area contributed by atoms with E-state index in [1.165, 1.54) is 6.42 Å². The maximum absolute atomic E-state index is 5.93.